The summed E-state index contributed by atoms with van der Waals surface area (Å²) in [6.07, 6.45) is 0. The van der Waals surface area contributed by atoms with Crippen molar-refractivity contribution >= 4 is 21.9 Å². The molecule has 1 N–H and O–H groups in total. The summed E-state index contributed by atoms with van der Waals surface area (Å²) in [6, 6.07) is 4.57. The van der Waals surface area contributed by atoms with Crippen LogP contribution in [0.3, 0.4) is 0 Å². The summed E-state index contributed by atoms with van der Waals surface area (Å²) in [5.41, 5.74) is 0.553. The minimum Gasteiger partial charge on any atom is -0.481 e. The largest absolute Gasteiger partial charge is 0.481 e. The van der Waals surface area contributed by atoms with E-state index in [9.17, 15) is 14.3 Å². The highest BCUT2D eigenvalue weighted by Gasteiger charge is 2.37. The van der Waals surface area contributed by atoms with Crippen LogP contribution in [0.5, 0.6) is 0 Å². The maximum Gasteiger partial charge on any atom is 0.310 e. The SMILES string of the molecule is CCN(Cc1cc(Br)ccc1F)C1COCC1C(=O)O. The molecule has 0 radical (unpaired) electrons. The van der Waals surface area contributed by atoms with Crippen molar-refractivity contribution in [1.29, 1.82) is 0 Å². The lowest BCUT2D eigenvalue weighted by Gasteiger charge is -2.29. The van der Waals surface area contributed by atoms with Gasteiger partial charge in [-0.05, 0) is 24.7 Å². The number of hydrogen-bond acceptors (Lipinski definition) is 3. The van der Waals surface area contributed by atoms with Gasteiger partial charge in [0.2, 0.25) is 0 Å². The quantitative estimate of drug-likeness (QED) is 0.890. The monoisotopic (exact) mass is 345 g/mol. The standard InChI is InChI=1S/C14H17BrFNO3/c1-2-17(13-8-20-7-11(13)14(18)19)6-9-5-10(15)3-4-12(9)16/h3-5,11,13H,2,6-8H2,1H3,(H,18,19). The highest BCUT2D eigenvalue weighted by atomic mass is 79.9. The summed E-state index contributed by atoms with van der Waals surface area (Å²) >= 11 is 3.32. The predicted octanol–water partition coefficient (Wildman–Crippen LogP) is 2.51. The molecule has 2 rings (SSSR count). The van der Waals surface area contributed by atoms with E-state index in [4.69, 9.17) is 4.74 Å². The summed E-state index contributed by atoms with van der Waals surface area (Å²) in [6.45, 7) is 3.55. The van der Waals surface area contributed by atoms with Gasteiger partial charge in [0.05, 0.1) is 19.1 Å². The van der Waals surface area contributed by atoms with Crippen molar-refractivity contribution in [3.8, 4) is 0 Å². The minimum atomic E-state index is -0.860. The van der Waals surface area contributed by atoms with Gasteiger partial charge in [-0.3, -0.25) is 9.69 Å². The van der Waals surface area contributed by atoms with Crippen molar-refractivity contribution in [2.75, 3.05) is 19.8 Å². The average molecular weight is 346 g/mol. The number of carboxylic acid groups (broad SMARTS) is 1. The zero-order valence-electron chi connectivity index (χ0n) is 11.2. The van der Waals surface area contributed by atoms with Crippen LogP contribution in [0.4, 0.5) is 4.39 Å². The van der Waals surface area contributed by atoms with Crippen LogP contribution >= 0.6 is 15.9 Å². The first-order chi connectivity index (χ1) is 9.52. The maximum absolute atomic E-state index is 13.8. The Morgan fingerprint density at radius 1 is 1.55 bits per heavy atom. The van der Waals surface area contributed by atoms with Gasteiger partial charge in [-0.1, -0.05) is 22.9 Å². The third-order valence-corrected chi connectivity index (χ3v) is 4.12. The smallest absolute Gasteiger partial charge is 0.310 e. The molecule has 1 aliphatic heterocycles. The van der Waals surface area contributed by atoms with Crippen molar-refractivity contribution in [2.45, 2.75) is 19.5 Å². The average Bonchev–Trinajstić information content (AvgIpc) is 2.89. The molecule has 0 amide bonds. The van der Waals surface area contributed by atoms with Gasteiger partial charge in [-0.25, -0.2) is 4.39 Å². The molecule has 2 unspecified atom stereocenters. The van der Waals surface area contributed by atoms with Crippen molar-refractivity contribution in [2.24, 2.45) is 5.92 Å². The molecule has 0 saturated carbocycles. The van der Waals surface area contributed by atoms with Crippen LogP contribution in [-0.4, -0.2) is 41.8 Å². The number of nitrogens with zero attached hydrogens (tertiary/aromatic N) is 1. The van der Waals surface area contributed by atoms with Crippen molar-refractivity contribution in [1.82, 2.24) is 4.90 Å². The topological polar surface area (TPSA) is 49.8 Å². The van der Waals surface area contributed by atoms with Gasteiger partial charge < -0.3 is 9.84 Å². The Labute approximate surface area is 125 Å². The zero-order chi connectivity index (χ0) is 14.7. The van der Waals surface area contributed by atoms with E-state index in [1.54, 1.807) is 12.1 Å². The second kappa shape index (κ2) is 6.65. The Morgan fingerprint density at radius 3 is 2.95 bits per heavy atom. The molecule has 6 heteroatoms. The van der Waals surface area contributed by atoms with Gasteiger partial charge in [-0.15, -0.1) is 0 Å². The van der Waals surface area contributed by atoms with Crippen LogP contribution in [0.2, 0.25) is 0 Å². The van der Waals surface area contributed by atoms with E-state index in [-0.39, 0.29) is 18.5 Å². The summed E-state index contributed by atoms with van der Waals surface area (Å²) in [7, 11) is 0. The predicted molar refractivity (Wildman–Crippen MR) is 75.9 cm³/mol. The Kier molecular flexibility index (Phi) is 5.12. The molecule has 2 atom stereocenters. The molecule has 1 aromatic carbocycles. The molecule has 1 heterocycles. The lowest BCUT2D eigenvalue weighted by molar-refractivity contribution is -0.143. The number of carboxylic acids is 1. The van der Waals surface area contributed by atoms with Crippen LogP contribution in [0.15, 0.2) is 22.7 Å². The molecule has 1 saturated heterocycles. The number of carbonyl (C=O) groups is 1. The normalized spacial score (nSPS) is 22.4. The van der Waals surface area contributed by atoms with E-state index in [2.05, 4.69) is 15.9 Å². The molecule has 1 fully saturated rings. The summed E-state index contributed by atoms with van der Waals surface area (Å²) < 4.78 is 19.9. The van der Waals surface area contributed by atoms with E-state index < -0.39 is 11.9 Å². The number of aliphatic carboxylic acids is 1. The Hall–Kier alpha value is -0.980. The number of hydrogen-bond donors (Lipinski definition) is 1. The molecule has 0 spiro atoms. The second-order valence-corrected chi connectivity index (χ2v) is 5.76. The number of rotatable bonds is 5. The number of ether oxygens (including phenoxy) is 1. The molecule has 0 aliphatic carbocycles. The van der Waals surface area contributed by atoms with Crippen LogP contribution in [0.25, 0.3) is 0 Å². The van der Waals surface area contributed by atoms with Crippen LogP contribution in [0, 0.1) is 11.7 Å². The fourth-order valence-electron chi connectivity index (χ4n) is 2.49. The second-order valence-electron chi connectivity index (χ2n) is 4.85. The molecule has 20 heavy (non-hydrogen) atoms. The lowest BCUT2D eigenvalue weighted by Crippen LogP contribution is -2.42. The summed E-state index contributed by atoms with van der Waals surface area (Å²) in [5.74, 6) is -1.69. The molecule has 1 aromatic rings. The fraction of sp³-hybridized carbons (Fsp3) is 0.500. The van der Waals surface area contributed by atoms with Gasteiger partial charge in [0, 0.05) is 22.6 Å². The Bertz CT molecular complexity index is 497. The Balaban J connectivity index is 2.16. The lowest BCUT2D eigenvalue weighted by atomic mass is 10.0. The first kappa shape index (κ1) is 15.4. The number of halogens is 2. The van der Waals surface area contributed by atoms with Gasteiger partial charge >= 0.3 is 5.97 Å². The highest BCUT2D eigenvalue weighted by Crippen LogP contribution is 2.24. The van der Waals surface area contributed by atoms with Crippen LogP contribution < -0.4 is 0 Å². The highest BCUT2D eigenvalue weighted by molar-refractivity contribution is 9.10. The van der Waals surface area contributed by atoms with E-state index in [1.165, 1.54) is 6.07 Å². The molecule has 0 aromatic heterocycles. The molecular weight excluding hydrogens is 329 g/mol. The summed E-state index contributed by atoms with van der Waals surface area (Å²) in [4.78, 5) is 13.2. The molecule has 4 nitrogen and oxygen atoms in total. The first-order valence-electron chi connectivity index (χ1n) is 6.51. The Morgan fingerprint density at radius 2 is 2.30 bits per heavy atom. The third-order valence-electron chi connectivity index (χ3n) is 3.62. The summed E-state index contributed by atoms with van der Waals surface area (Å²) in [5, 5.41) is 9.20. The van der Waals surface area contributed by atoms with Gasteiger partial charge in [-0.2, -0.15) is 0 Å². The van der Waals surface area contributed by atoms with E-state index in [1.807, 2.05) is 11.8 Å². The molecule has 110 valence electrons. The van der Waals surface area contributed by atoms with Gasteiger partial charge in [0.15, 0.2) is 0 Å². The zero-order valence-corrected chi connectivity index (χ0v) is 12.8. The molecular formula is C14H17BrFNO3. The maximum atomic E-state index is 13.8. The van der Waals surface area contributed by atoms with E-state index in [0.29, 0.717) is 25.3 Å². The van der Waals surface area contributed by atoms with Crippen molar-refractivity contribution in [3.63, 3.8) is 0 Å². The first-order valence-corrected chi connectivity index (χ1v) is 7.30. The van der Waals surface area contributed by atoms with Crippen molar-refractivity contribution in [3.05, 3.63) is 34.1 Å². The van der Waals surface area contributed by atoms with E-state index in [0.717, 1.165) is 4.47 Å². The number of likely N-dealkylation sites (N-methyl/N-ethyl adjacent to an activating group) is 1. The van der Waals surface area contributed by atoms with Crippen LogP contribution in [0.1, 0.15) is 12.5 Å². The van der Waals surface area contributed by atoms with Gasteiger partial charge in [0.25, 0.3) is 0 Å². The third kappa shape index (κ3) is 3.37. The number of benzene rings is 1. The molecule has 1 aliphatic rings. The van der Waals surface area contributed by atoms with Crippen molar-refractivity contribution < 1.29 is 19.0 Å². The fourth-order valence-corrected chi connectivity index (χ4v) is 2.89. The van der Waals surface area contributed by atoms with E-state index >= 15 is 0 Å². The van der Waals surface area contributed by atoms with Crippen LogP contribution in [-0.2, 0) is 16.1 Å². The van der Waals surface area contributed by atoms with Gasteiger partial charge in [0.1, 0.15) is 5.82 Å². The minimum absolute atomic E-state index is 0.212. The molecule has 0 bridgehead atoms.